The van der Waals surface area contributed by atoms with Crippen molar-refractivity contribution in [2.75, 3.05) is 14.7 Å². The van der Waals surface area contributed by atoms with Gasteiger partial charge in [0, 0.05) is 41.6 Å². The lowest BCUT2D eigenvalue weighted by Gasteiger charge is -2.46. The summed E-state index contributed by atoms with van der Waals surface area (Å²) in [6.45, 7) is 20.7. The van der Waals surface area contributed by atoms with Crippen molar-refractivity contribution in [2.45, 2.75) is 78.6 Å². The van der Waals surface area contributed by atoms with Crippen molar-refractivity contribution in [1.29, 1.82) is 0 Å². The summed E-state index contributed by atoms with van der Waals surface area (Å²) in [6.07, 6.45) is 0. The molecule has 55 heavy (non-hydrogen) atoms. The second-order valence-corrected chi connectivity index (χ2v) is 20.5. The molecule has 0 radical (unpaired) electrons. The van der Waals surface area contributed by atoms with Crippen molar-refractivity contribution in [3.63, 3.8) is 0 Å². The molecule has 8 aromatic rings. The zero-order valence-electron chi connectivity index (χ0n) is 33.2. The van der Waals surface area contributed by atoms with Gasteiger partial charge >= 0.3 is 0 Å². The Hall–Kier alpha value is -5.10. The minimum atomic E-state index is -0.0185. The van der Waals surface area contributed by atoms with E-state index in [2.05, 4.69) is 198 Å². The van der Waals surface area contributed by atoms with Gasteiger partial charge in [-0.25, -0.2) is 0 Å². The summed E-state index contributed by atoms with van der Waals surface area (Å²) < 4.78 is 4.02. The molecule has 5 heteroatoms. The Balaban J connectivity index is 1.31. The molecule has 0 bridgehead atoms. The molecule has 0 saturated heterocycles. The number of hydrogen-bond acceptors (Lipinski definition) is 5. The van der Waals surface area contributed by atoms with Gasteiger partial charge in [-0.05, 0) is 99.7 Å². The Morgan fingerprint density at radius 3 is 1.62 bits per heavy atom. The summed E-state index contributed by atoms with van der Waals surface area (Å²) in [4.78, 5) is 7.65. The number of hydrogen-bond donors (Lipinski definition) is 0. The molecule has 2 aliphatic heterocycles. The summed E-state index contributed by atoms with van der Waals surface area (Å²) in [7, 11) is 0. The first kappa shape index (κ1) is 34.4. The Kier molecular flexibility index (Phi) is 7.32. The number of anilines is 9. The molecule has 0 amide bonds. The molecule has 0 N–H and O–H groups in total. The van der Waals surface area contributed by atoms with Crippen molar-refractivity contribution in [1.82, 2.24) is 0 Å². The van der Waals surface area contributed by atoms with E-state index >= 15 is 0 Å². The second kappa shape index (κ2) is 11.7. The SMILES string of the molecule is CC(C)(C)c1ccc(N2c3ccc(C(C)(C)C)cc3N3c4sc5c(ccc6sc7ccccc7c65)c4N(c4ccc(C(C)(C)C)cc4)c4cccc2c43)cc1. The van der Waals surface area contributed by atoms with Crippen LogP contribution in [0.25, 0.3) is 30.3 Å². The van der Waals surface area contributed by atoms with E-state index in [1.54, 1.807) is 0 Å². The summed E-state index contributed by atoms with van der Waals surface area (Å²) in [5.41, 5.74) is 13.7. The third-order valence-corrected chi connectivity index (χ3v) is 13.9. The van der Waals surface area contributed by atoms with Gasteiger partial charge in [-0.15, -0.1) is 22.7 Å². The molecule has 0 saturated carbocycles. The third-order valence-electron chi connectivity index (χ3n) is 11.6. The Morgan fingerprint density at radius 1 is 0.400 bits per heavy atom. The van der Waals surface area contributed by atoms with Crippen LogP contribution < -0.4 is 14.7 Å². The lowest BCUT2D eigenvalue weighted by atomic mass is 9.85. The van der Waals surface area contributed by atoms with Gasteiger partial charge in [0.25, 0.3) is 0 Å². The summed E-state index contributed by atoms with van der Waals surface area (Å²) in [5, 5.41) is 5.25. The maximum atomic E-state index is 2.61. The van der Waals surface area contributed by atoms with E-state index in [4.69, 9.17) is 0 Å². The highest BCUT2D eigenvalue weighted by Crippen LogP contribution is 2.67. The first-order chi connectivity index (χ1) is 26.2. The van der Waals surface area contributed by atoms with E-state index < -0.39 is 0 Å². The Morgan fingerprint density at radius 2 is 0.982 bits per heavy atom. The minimum absolute atomic E-state index is 0.0185. The monoisotopic (exact) mass is 753 g/mol. The summed E-state index contributed by atoms with van der Waals surface area (Å²) >= 11 is 3.84. The molecule has 6 aromatic carbocycles. The topological polar surface area (TPSA) is 9.72 Å². The number of nitrogens with zero attached hydrogens (tertiary/aromatic N) is 3. The van der Waals surface area contributed by atoms with E-state index in [1.807, 2.05) is 22.7 Å². The van der Waals surface area contributed by atoms with Crippen molar-refractivity contribution >= 4 is 103 Å². The van der Waals surface area contributed by atoms with Crippen molar-refractivity contribution < 1.29 is 0 Å². The number of benzene rings is 6. The van der Waals surface area contributed by atoms with Gasteiger partial charge < -0.3 is 9.80 Å². The van der Waals surface area contributed by atoms with Crippen molar-refractivity contribution in [2.24, 2.45) is 0 Å². The maximum absolute atomic E-state index is 2.61. The quantitative estimate of drug-likeness (QED) is 0.174. The van der Waals surface area contributed by atoms with Crippen LogP contribution in [0.4, 0.5) is 50.5 Å². The Bertz CT molecular complexity index is 2820. The molecule has 2 aromatic heterocycles. The average Bonchev–Trinajstić information content (AvgIpc) is 3.72. The van der Waals surface area contributed by atoms with Gasteiger partial charge in [-0.1, -0.05) is 117 Å². The largest absolute Gasteiger partial charge is 0.306 e. The fraction of sp³-hybridized carbons (Fsp3) is 0.240. The lowest BCUT2D eigenvalue weighted by molar-refractivity contribution is 0.590. The van der Waals surface area contributed by atoms with Gasteiger partial charge in [-0.2, -0.15) is 0 Å². The maximum Gasteiger partial charge on any atom is 0.126 e. The molecular formula is C50H47N3S2. The van der Waals surface area contributed by atoms with Crippen LogP contribution in [0, 0.1) is 0 Å². The third kappa shape index (κ3) is 5.19. The number of para-hydroxylation sites is 1. The van der Waals surface area contributed by atoms with Gasteiger partial charge in [-0.3, -0.25) is 4.90 Å². The van der Waals surface area contributed by atoms with E-state index in [1.165, 1.54) is 97.4 Å². The predicted molar refractivity (Wildman–Crippen MR) is 242 cm³/mol. The highest BCUT2D eigenvalue weighted by Gasteiger charge is 2.42. The highest BCUT2D eigenvalue weighted by atomic mass is 32.1. The first-order valence-corrected chi connectivity index (χ1v) is 21.1. The van der Waals surface area contributed by atoms with Crippen molar-refractivity contribution in [3.05, 3.63) is 138 Å². The van der Waals surface area contributed by atoms with E-state index in [0.717, 1.165) is 0 Å². The summed E-state index contributed by atoms with van der Waals surface area (Å²) in [5.74, 6) is 0. The van der Waals surface area contributed by atoms with Gasteiger partial charge in [0.05, 0.1) is 34.1 Å². The average molecular weight is 754 g/mol. The predicted octanol–water partition coefficient (Wildman–Crippen LogP) is 16.2. The normalized spacial score (nSPS) is 14.2. The summed E-state index contributed by atoms with van der Waals surface area (Å²) in [6, 6.07) is 46.3. The van der Waals surface area contributed by atoms with Gasteiger partial charge in [0.15, 0.2) is 0 Å². The molecular weight excluding hydrogens is 707 g/mol. The molecule has 0 atom stereocenters. The number of thiophene rings is 2. The zero-order valence-corrected chi connectivity index (χ0v) is 34.8. The number of fused-ring (bicyclic) bond motifs is 10. The highest BCUT2D eigenvalue weighted by molar-refractivity contribution is 7.29. The Labute approximate surface area is 333 Å². The van der Waals surface area contributed by atoms with Crippen LogP contribution in [-0.2, 0) is 16.2 Å². The second-order valence-electron chi connectivity index (χ2n) is 18.4. The standard InChI is InChI=1S/C50H47N3S2/c1-48(2,3)30-17-22-33(23-18-30)51-37-27-21-32(50(7,8)9)29-40(37)53-45-38(51)14-12-15-39(45)52(34-24-19-31(20-25-34)49(4,5)6)44-36-26-28-42-43(46(36)55-47(44)53)35-13-10-11-16-41(35)54-42/h10-29H,1-9H3. The van der Waals surface area contributed by atoms with Crippen LogP contribution in [0.15, 0.2) is 121 Å². The van der Waals surface area contributed by atoms with Crippen molar-refractivity contribution in [3.8, 4) is 0 Å². The molecule has 0 fully saturated rings. The van der Waals surface area contributed by atoms with Gasteiger partial charge in [0.1, 0.15) is 5.00 Å². The molecule has 4 heterocycles. The molecule has 274 valence electrons. The fourth-order valence-electron chi connectivity index (χ4n) is 8.52. The molecule has 10 rings (SSSR count). The number of rotatable bonds is 2. The molecule has 2 aliphatic rings. The van der Waals surface area contributed by atoms with Crippen LogP contribution in [-0.4, -0.2) is 0 Å². The van der Waals surface area contributed by atoms with E-state index in [9.17, 15) is 0 Å². The lowest BCUT2D eigenvalue weighted by Crippen LogP contribution is -2.30. The van der Waals surface area contributed by atoms with E-state index in [-0.39, 0.29) is 16.2 Å². The molecule has 0 aliphatic carbocycles. The molecule has 3 nitrogen and oxygen atoms in total. The minimum Gasteiger partial charge on any atom is -0.306 e. The first-order valence-electron chi connectivity index (χ1n) is 19.4. The smallest absolute Gasteiger partial charge is 0.126 e. The van der Waals surface area contributed by atoms with Crippen LogP contribution in [0.5, 0.6) is 0 Å². The van der Waals surface area contributed by atoms with Crippen LogP contribution >= 0.6 is 22.7 Å². The van der Waals surface area contributed by atoms with Crippen LogP contribution in [0.3, 0.4) is 0 Å². The molecule has 0 spiro atoms. The fourth-order valence-corrected chi connectivity index (χ4v) is 11.1. The van der Waals surface area contributed by atoms with Crippen LogP contribution in [0.1, 0.15) is 79.0 Å². The zero-order chi connectivity index (χ0) is 38.2. The van der Waals surface area contributed by atoms with Gasteiger partial charge in [0.2, 0.25) is 0 Å². The molecule has 0 unspecified atom stereocenters. The van der Waals surface area contributed by atoms with E-state index in [0.29, 0.717) is 0 Å². The van der Waals surface area contributed by atoms with Crippen LogP contribution in [0.2, 0.25) is 0 Å².